The number of hydrogen-bond acceptors (Lipinski definition) is 17. The average Bonchev–Trinajstić information content (AvgIpc) is 4.06. The Morgan fingerprint density at radius 2 is 1.35 bits per heavy atom. The van der Waals surface area contributed by atoms with Crippen LogP contribution in [0.5, 0.6) is 0 Å². The molecule has 8 N–H and O–H groups in total. The van der Waals surface area contributed by atoms with E-state index in [9.17, 15) is 37.8 Å². The van der Waals surface area contributed by atoms with Gasteiger partial charge in [0.15, 0.2) is 6.29 Å². The second-order valence-corrected chi connectivity index (χ2v) is 27.1. The Hall–Kier alpha value is -7.03. The maximum absolute atomic E-state index is 13.9. The third-order valence-corrected chi connectivity index (χ3v) is 18.7. The molecule has 2 aliphatic rings. The second-order valence-electron chi connectivity index (χ2n) is 23.3. The van der Waals surface area contributed by atoms with E-state index in [1.165, 1.54) is 44.8 Å². The number of nitrogens with one attached hydrogen (secondary N) is 4. The first-order chi connectivity index (χ1) is 42.1. The van der Waals surface area contributed by atoms with Gasteiger partial charge in [0.1, 0.15) is 18.8 Å². The minimum atomic E-state index is -3.93. The molecule has 5 amide bonds. The first kappa shape index (κ1) is 68.5. The lowest BCUT2D eigenvalue weighted by Crippen LogP contribution is -2.55. The van der Waals surface area contributed by atoms with Gasteiger partial charge in [-0.25, -0.2) is 27.8 Å². The standard InChI is InChI=1S/C37H48N6O5S2.C27H37N3O7S/c1-24(2)33(42-36(46)43(5)20-29-22-49-35(40-29)25(3)4)34(45)39-28(16-26-12-8-6-9-13-26)18-32(44)31(17-27-14-10-7-11-15-27)41-37(47)48-21-30-19-38-23-50-30;1-18(2)15-30(38(33,34)21-10-8-20(28)9-11-21)16-24(31)23(14-19-6-4-3-5-7-19)29-27(32)37-25-17-36-26-22(25)12-13-35-26/h6-15,19,22-25,28,31-33,44H,16-18,20-21H2,1-5H3,(H,39,45)(H,41,47)(H,42,46);3-11,18,22-26,31H,12-17,28H2,1-2H3,(H,29,32)/t28-,31-,32-,33-;22-,23-,24+,25-,26+/m00/s1. The van der Waals surface area contributed by atoms with Gasteiger partial charge in [0, 0.05) is 49.4 Å². The van der Waals surface area contributed by atoms with Gasteiger partial charge in [-0.05, 0) is 84.9 Å². The van der Waals surface area contributed by atoms with Gasteiger partial charge in [0.2, 0.25) is 15.9 Å². The Morgan fingerprint density at radius 1 is 0.750 bits per heavy atom. The number of alkyl carbamates (subject to hydrolysis) is 2. The highest BCUT2D eigenvalue weighted by Crippen LogP contribution is 2.33. The van der Waals surface area contributed by atoms with E-state index in [0.29, 0.717) is 37.6 Å². The zero-order valence-corrected chi connectivity index (χ0v) is 53.4. The number of sulfonamides is 1. The molecule has 24 heteroatoms. The number of nitrogens with two attached hydrogens (primary N) is 1. The fourth-order valence-corrected chi connectivity index (χ4v) is 13.2. The van der Waals surface area contributed by atoms with Crippen molar-refractivity contribution in [2.75, 3.05) is 39.1 Å². The van der Waals surface area contributed by atoms with E-state index >= 15 is 0 Å². The maximum Gasteiger partial charge on any atom is 0.407 e. The predicted molar refractivity (Wildman–Crippen MR) is 338 cm³/mol. The third kappa shape index (κ3) is 21.1. The van der Waals surface area contributed by atoms with E-state index < -0.39 is 64.7 Å². The molecular weight excluding hydrogens is 1180 g/mol. The highest BCUT2D eigenvalue weighted by Gasteiger charge is 2.44. The summed E-state index contributed by atoms with van der Waals surface area (Å²) in [5, 5.41) is 37.6. The lowest BCUT2D eigenvalue weighted by molar-refractivity contribution is -0.124. The maximum atomic E-state index is 13.9. The minimum absolute atomic E-state index is 0.000183. The van der Waals surface area contributed by atoms with Gasteiger partial charge >= 0.3 is 18.2 Å². The molecule has 2 aliphatic heterocycles. The highest BCUT2D eigenvalue weighted by atomic mass is 32.2. The van der Waals surface area contributed by atoms with Crippen LogP contribution in [-0.4, -0.2) is 144 Å². The fourth-order valence-electron chi connectivity index (χ4n) is 10.2. The summed E-state index contributed by atoms with van der Waals surface area (Å²) >= 11 is 2.95. The number of thiazole rings is 2. The fraction of sp³-hybridized carbons (Fsp3) is 0.469. The number of carbonyl (C=O) groups excluding carboxylic acids is 4. The molecule has 0 bridgehead atoms. The molecular formula is C64H85N9O12S3. The number of nitrogen functional groups attached to an aromatic ring is 1. The first-order valence-corrected chi connectivity index (χ1v) is 32.9. The molecule has 9 atom stereocenters. The van der Waals surface area contributed by atoms with Crippen molar-refractivity contribution in [3.05, 3.63) is 165 Å². The summed E-state index contributed by atoms with van der Waals surface area (Å²) < 4.78 is 50.4. The monoisotopic (exact) mass is 1270 g/mol. The van der Waals surface area contributed by atoms with E-state index in [1.54, 1.807) is 30.1 Å². The Morgan fingerprint density at radius 3 is 1.92 bits per heavy atom. The molecule has 2 aromatic heterocycles. The van der Waals surface area contributed by atoms with Crippen LogP contribution in [0.25, 0.3) is 0 Å². The van der Waals surface area contributed by atoms with Crippen LogP contribution in [0, 0.1) is 17.8 Å². The Kier molecular flexibility index (Phi) is 26.1. The van der Waals surface area contributed by atoms with Crippen LogP contribution >= 0.6 is 22.7 Å². The van der Waals surface area contributed by atoms with Gasteiger partial charge in [0.05, 0.1) is 76.0 Å². The van der Waals surface area contributed by atoms with Crippen LogP contribution in [0.4, 0.5) is 20.1 Å². The molecule has 88 heavy (non-hydrogen) atoms. The van der Waals surface area contributed by atoms with Gasteiger partial charge in [-0.15, -0.1) is 22.7 Å². The summed E-state index contributed by atoms with van der Waals surface area (Å²) in [6.45, 7) is 12.9. The molecule has 2 fully saturated rings. The summed E-state index contributed by atoms with van der Waals surface area (Å²) in [4.78, 5) is 64.0. The van der Waals surface area contributed by atoms with Crippen molar-refractivity contribution in [3.8, 4) is 0 Å². The van der Waals surface area contributed by atoms with Crippen LogP contribution in [0.2, 0.25) is 0 Å². The van der Waals surface area contributed by atoms with Gasteiger partial charge in [-0.1, -0.05) is 133 Å². The number of nitrogens with zero attached hydrogens (tertiary/aromatic N) is 4. The lowest BCUT2D eigenvalue weighted by Gasteiger charge is -2.31. The molecule has 4 aromatic carbocycles. The van der Waals surface area contributed by atoms with Gasteiger partial charge in [-0.3, -0.25) is 9.78 Å². The quantitative estimate of drug-likeness (QED) is 0.0228. The van der Waals surface area contributed by atoms with Crippen LogP contribution in [0.1, 0.15) is 92.6 Å². The van der Waals surface area contributed by atoms with Crippen molar-refractivity contribution in [1.82, 2.24) is 40.4 Å². The van der Waals surface area contributed by atoms with Crippen molar-refractivity contribution in [3.63, 3.8) is 0 Å². The van der Waals surface area contributed by atoms with Gasteiger partial charge in [0.25, 0.3) is 0 Å². The smallest absolute Gasteiger partial charge is 0.407 e. The summed E-state index contributed by atoms with van der Waals surface area (Å²) in [5.41, 5.74) is 11.4. The summed E-state index contributed by atoms with van der Waals surface area (Å²) in [7, 11) is -2.25. The molecule has 476 valence electrons. The average molecular weight is 1270 g/mol. The Balaban J connectivity index is 0.000000260. The van der Waals surface area contributed by atoms with Crippen molar-refractivity contribution in [1.29, 1.82) is 0 Å². The largest absolute Gasteiger partial charge is 0.444 e. The van der Waals surface area contributed by atoms with Crippen LogP contribution in [0.15, 0.2) is 137 Å². The number of hydrogen-bond donors (Lipinski definition) is 7. The number of benzene rings is 4. The number of amides is 5. The lowest BCUT2D eigenvalue weighted by atomic mass is 9.93. The molecule has 2 saturated heterocycles. The summed E-state index contributed by atoms with van der Waals surface area (Å²) in [5.74, 6) is -0.300. The van der Waals surface area contributed by atoms with Crippen LogP contribution in [-0.2, 0) is 66.2 Å². The SMILES string of the molecule is CC(C)CN(C[C@@H](O)[C@H](Cc1ccccc1)NC(=O)O[C@H]1CO[C@H]2OCC[C@H]21)S(=O)(=O)c1ccc(N)cc1.CC(C)c1nc(CN(C)C(=O)N[C@H](C(=O)N[C@@H](Cc2ccccc2)C[C@H](O)[C@H](Cc2ccccc2)NC(=O)OCc2cncs2)C(C)C)cs1. The van der Waals surface area contributed by atoms with E-state index in [0.717, 1.165) is 38.7 Å². The number of ether oxygens (including phenoxy) is 4. The molecule has 0 unspecified atom stereocenters. The zero-order valence-electron chi connectivity index (χ0n) is 51.0. The molecule has 8 rings (SSSR count). The van der Waals surface area contributed by atoms with Crippen molar-refractivity contribution < 1.29 is 56.8 Å². The van der Waals surface area contributed by atoms with Gasteiger partial charge in [-0.2, -0.15) is 4.31 Å². The van der Waals surface area contributed by atoms with E-state index in [-0.39, 0.29) is 80.0 Å². The number of carbonyl (C=O) groups is 4. The molecule has 21 nitrogen and oxygen atoms in total. The molecule has 0 spiro atoms. The Bertz CT molecular complexity index is 3200. The predicted octanol–water partition coefficient (Wildman–Crippen LogP) is 8.28. The molecule has 0 radical (unpaired) electrons. The van der Waals surface area contributed by atoms with E-state index in [4.69, 9.17) is 24.7 Å². The van der Waals surface area contributed by atoms with Crippen molar-refractivity contribution >= 4 is 62.5 Å². The number of urea groups is 1. The minimum Gasteiger partial charge on any atom is -0.444 e. The summed E-state index contributed by atoms with van der Waals surface area (Å²) in [6.07, 6.45) is -0.850. The van der Waals surface area contributed by atoms with E-state index in [2.05, 4.69) is 45.1 Å². The topological polar surface area (TPSA) is 286 Å². The van der Waals surface area contributed by atoms with Crippen molar-refractivity contribution in [2.45, 2.75) is 146 Å². The second kappa shape index (κ2) is 33.5. The number of fused-ring (bicyclic) bond motifs is 1. The molecule has 6 aromatic rings. The highest BCUT2D eigenvalue weighted by molar-refractivity contribution is 7.89. The zero-order chi connectivity index (χ0) is 63.3. The number of rotatable bonds is 28. The summed E-state index contributed by atoms with van der Waals surface area (Å²) in [6, 6.07) is 31.3. The number of anilines is 1. The number of aromatic nitrogens is 2. The molecule has 4 heterocycles. The normalized spacial score (nSPS) is 17.6. The number of aliphatic hydroxyl groups is 2. The molecule has 0 saturated carbocycles. The van der Waals surface area contributed by atoms with E-state index in [1.807, 2.05) is 124 Å². The van der Waals surface area contributed by atoms with Crippen LogP contribution in [0.3, 0.4) is 0 Å². The van der Waals surface area contributed by atoms with Gasteiger partial charge < -0.3 is 61.1 Å². The van der Waals surface area contributed by atoms with Crippen molar-refractivity contribution in [2.24, 2.45) is 17.8 Å². The van der Waals surface area contributed by atoms with Crippen LogP contribution < -0.4 is 27.0 Å². The third-order valence-electron chi connectivity index (χ3n) is 14.9. The Labute approximate surface area is 524 Å². The molecule has 0 aliphatic carbocycles. The number of aliphatic hydroxyl groups excluding tert-OH is 2. The first-order valence-electron chi connectivity index (χ1n) is 29.7.